The average molecular weight is 469 g/mol. The van der Waals surface area contributed by atoms with Gasteiger partial charge in [0.1, 0.15) is 17.3 Å². The number of halogens is 3. The Labute approximate surface area is 193 Å². The van der Waals surface area contributed by atoms with E-state index in [1.54, 1.807) is 6.92 Å². The molecule has 1 unspecified atom stereocenters. The van der Waals surface area contributed by atoms with Gasteiger partial charge in [0.05, 0.1) is 42.4 Å². The number of rotatable bonds is 4. The van der Waals surface area contributed by atoms with Crippen molar-refractivity contribution < 1.29 is 17.9 Å². The van der Waals surface area contributed by atoms with Gasteiger partial charge in [-0.1, -0.05) is 0 Å². The average Bonchev–Trinajstić information content (AvgIpc) is 3.49. The first-order valence-electron chi connectivity index (χ1n) is 11.3. The lowest BCUT2D eigenvalue weighted by Gasteiger charge is -2.33. The SMILES string of the molecule is Cc1nc2nc(N3CCOC(c4cnn(C5CC5)c4)C3)nc(C3=C=C(C(F)(F)F)C3)c2nc1C. The number of allylic oxidation sites excluding steroid dienone is 1. The summed E-state index contributed by atoms with van der Waals surface area (Å²) < 4.78 is 47.1. The van der Waals surface area contributed by atoms with Crippen LogP contribution in [-0.4, -0.2) is 55.6 Å². The molecule has 1 atom stereocenters. The standard InChI is InChI=1S/C23H22F3N7O/c1-12-13(2)29-21-20(28-12)19(14-7-16(8-14)23(24,25)26)30-22(31-21)32-5-6-34-18(11-32)15-9-27-33(10-15)17-3-4-17/h9-10,17-18H,3-7,11H2,1-2H3. The molecule has 0 spiro atoms. The first-order chi connectivity index (χ1) is 16.3. The van der Waals surface area contributed by atoms with Gasteiger partial charge in [-0.3, -0.25) is 4.68 Å². The predicted octanol–water partition coefficient (Wildman–Crippen LogP) is 4.02. The number of ether oxygens (including phenoxy) is 1. The Hall–Kier alpha value is -3.30. The van der Waals surface area contributed by atoms with Crippen LogP contribution in [0.4, 0.5) is 19.1 Å². The lowest BCUT2D eigenvalue weighted by molar-refractivity contribution is -0.0934. The van der Waals surface area contributed by atoms with Gasteiger partial charge in [-0.2, -0.15) is 23.3 Å². The number of fused-ring (bicyclic) bond motifs is 1. The highest BCUT2D eigenvalue weighted by Crippen LogP contribution is 2.40. The summed E-state index contributed by atoms with van der Waals surface area (Å²) in [6, 6.07) is 0.482. The molecule has 1 saturated carbocycles. The summed E-state index contributed by atoms with van der Waals surface area (Å²) in [5, 5.41) is 4.46. The molecule has 3 aromatic heterocycles. The Bertz CT molecular complexity index is 1370. The Morgan fingerprint density at radius 1 is 1.09 bits per heavy atom. The molecule has 1 saturated heterocycles. The third-order valence-corrected chi connectivity index (χ3v) is 6.48. The Morgan fingerprint density at radius 2 is 1.85 bits per heavy atom. The molecule has 8 nitrogen and oxygen atoms in total. The number of aryl methyl sites for hydroxylation is 2. The molecule has 0 radical (unpaired) electrons. The van der Waals surface area contributed by atoms with Gasteiger partial charge in [0, 0.05) is 30.3 Å². The quantitative estimate of drug-likeness (QED) is 0.534. The van der Waals surface area contributed by atoms with Crippen LogP contribution in [0, 0.1) is 13.8 Å². The van der Waals surface area contributed by atoms with E-state index in [2.05, 4.69) is 30.8 Å². The number of hydrogen-bond donors (Lipinski definition) is 0. The maximum absolute atomic E-state index is 13.0. The molecule has 3 aliphatic rings. The van der Waals surface area contributed by atoms with Crippen molar-refractivity contribution in [2.24, 2.45) is 0 Å². The Kier molecular flexibility index (Phi) is 4.76. The number of morpholine rings is 1. The Morgan fingerprint density at radius 3 is 2.59 bits per heavy atom. The lowest BCUT2D eigenvalue weighted by Crippen LogP contribution is -2.39. The van der Waals surface area contributed by atoms with Gasteiger partial charge in [-0.15, -0.1) is 5.73 Å². The van der Waals surface area contributed by atoms with Crippen LogP contribution in [0.15, 0.2) is 23.7 Å². The molecule has 0 amide bonds. The summed E-state index contributed by atoms with van der Waals surface area (Å²) in [6.45, 7) is 5.16. The molecular formula is C23H22F3N7O. The molecule has 0 aromatic carbocycles. The molecule has 4 heterocycles. The summed E-state index contributed by atoms with van der Waals surface area (Å²) in [7, 11) is 0. The largest absolute Gasteiger partial charge is 0.420 e. The predicted molar refractivity (Wildman–Crippen MR) is 117 cm³/mol. The van der Waals surface area contributed by atoms with Crippen LogP contribution in [0.5, 0.6) is 0 Å². The summed E-state index contributed by atoms with van der Waals surface area (Å²) >= 11 is 0. The second-order valence-corrected chi connectivity index (χ2v) is 8.99. The molecule has 176 valence electrons. The van der Waals surface area contributed by atoms with E-state index in [0.29, 0.717) is 65.5 Å². The topological polar surface area (TPSA) is 81.9 Å². The lowest BCUT2D eigenvalue weighted by atomic mass is 9.93. The van der Waals surface area contributed by atoms with Crippen LogP contribution in [0.25, 0.3) is 16.7 Å². The second-order valence-electron chi connectivity index (χ2n) is 8.99. The number of nitrogens with zero attached hydrogens (tertiary/aromatic N) is 7. The highest BCUT2D eigenvalue weighted by molar-refractivity contribution is 5.88. The van der Waals surface area contributed by atoms with Crippen LogP contribution in [-0.2, 0) is 4.74 Å². The van der Waals surface area contributed by atoms with Crippen LogP contribution >= 0.6 is 0 Å². The number of anilines is 1. The summed E-state index contributed by atoms with van der Waals surface area (Å²) in [5.41, 5.74) is 5.62. The zero-order valence-corrected chi connectivity index (χ0v) is 18.7. The van der Waals surface area contributed by atoms with E-state index in [1.807, 2.05) is 28.9 Å². The third-order valence-electron chi connectivity index (χ3n) is 6.48. The minimum Gasteiger partial charge on any atom is -0.370 e. The molecule has 1 aliphatic heterocycles. The minimum atomic E-state index is -4.39. The Balaban J connectivity index is 1.38. The fourth-order valence-corrected chi connectivity index (χ4v) is 4.20. The first-order valence-corrected chi connectivity index (χ1v) is 11.3. The summed E-state index contributed by atoms with van der Waals surface area (Å²) in [5.74, 6) is 0.401. The zero-order chi connectivity index (χ0) is 23.6. The van der Waals surface area contributed by atoms with Crippen LogP contribution in [0.1, 0.15) is 54.1 Å². The van der Waals surface area contributed by atoms with Gasteiger partial charge < -0.3 is 9.64 Å². The first kappa shape index (κ1) is 21.2. The highest BCUT2D eigenvalue weighted by atomic mass is 19.4. The van der Waals surface area contributed by atoms with E-state index >= 15 is 0 Å². The summed E-state index contributed by atoms with van der Waals surface area (Å²) in [6.07, 6.45) is 1.30. The van der Waals surface area contributed by atoms with Gasteiger partial charge in [-0.25, -0.2) is 15.0 Å². The third kappa shape index (κ3) is 3.74. The van der Waals surface area contributed by atoms with E-state index in [-0.39, 0.29) is 12.5 Å². The number of alkyl halides is 3. The van der Waals surface area contributed by atoms with E-state index in [9.17, 15) is 13.2 Å². The molecule has 2 aliphatic carbocycles. The molecule has 6 rings (SSSR count). The summed E-state index contributed by atoms with van der Waals surface area (Å²) in [4.78, 5) is 20.4. The van der Waals surface area contributed by atoms with Crippen molar-refractivity contribution in [3.05, 3.63) is 46.3 Å². The van der Waals surface area contributed by atoms with E-state index in [0.717, 1.165) is 18.4 Å². The molecule has 0 bridgehead atoms. The van der Waals surface area contributed by atoms with Crippen LogP contribution < -0.4 is 4.90 Å². The van der Waals surface area contributed by atoms with Gasteiger partial charge in [0.2, 0.25) is 5.95 Å². The maximum atomic E-state index is 13.0. The van der Waals surface area contributed by atoms with E-state index in [4.69, 9.17) is 4.74 Å². The van der Waals surface area contributed by atoms with Gasteiger partial charge in [-0.05, 0) is 26.7 Å². The normalized spacial score (nSPS) is 20.9. The number of hydrogen-bond acceptors (Lipinski definition) is 7. The highest BCUT2D eigenvalue weighted by Gasteiger charge is 2.39. The number of aromatic nitrogens is 6. The van der Waals surface area contributed by atoms with Crippen molar-refractivity contribution in [2.75, 3.05) is 24.6 Å². The van der Waals surface area contributed by atoms with Gasteiger partial charge in [0.25, 0.3) is 0 Å². The van der Waals surface area contributed by atoms with Crippen molar-refractivity contribution >= 4 is 22.7 Å². The van der Waals surface area contributed by atoms with Crippen molar-refractivity contribution in [2.45, 2.75) is 51.4 Å². The van der Waals surface area contributed by atoms with Gasteiger partial charge >= 0.3 is 6.18 Å². The van der Waals surface area contributed by atoms with Crippen molar-refractivity contribution in [1.82, 2.24) is 29.7 Å². The van der Waals surface area contributed by atoms with E-state index < -0.39 is 11.7 Å². The molecule has 3 aromatic rings. The minimum absolute atomic E-state index is 0.200. The van der Waals surface area contributed by atoms with E-state index in [1.165, 1.54) is 0 Å². The molecule has 2 fully saturated rings. The molecule has 0 N–H and O–H groups in total. The molecule has 34 heavy (non-hydrogen) atoms. The fourth-order valence-electron chi connectivity index (χ4n) is 4.20. The smallest absolute Gasteiger partial charge is 0.370 e. The second kappa shape index (κ2) is 7.61. The maximum Gasteiger partial charge on any atom is 0.420 e. The van der Waals surface area contributed by atoms with Crippen LogP contribution in [0.3, 0.4) is 0 Å². The fraction of sp³-hybridized carbons (Fsp3) is 0.478. The van der Waals surface area contributed by atoms with Gasteiger partial charge in [0.15, 0.2) is 5.65 Å². The molecular weight excluding hydrogens is 447 g/mol. The van der Waals surface area contributed by atoms with Crippen molar-refractivity contribution in [1.29, 1.82) is 0 Å². The molecule has 11 heteroatoms. The van der Waals surface area contributed by atoms with Crippen molar-refractivity contribution in [3.63, 3.8) is 0 Å². The van der Waals surface area contributed by atoms with Crippen LogP contribution in [0.2, 0.25) is 0 Å². The van der Waals surface area contributed by atoms with Crippen molar-refractivity contribution in [3.8, 4) is 0 Å². The zero-order valence-electron chi connectivity index (χ0n) is 18.7. The monoisotopic (exact) mass is 469 g/mol.